The van der Waals surface area contributed by atoms with Gasteiger partial charge < -0.3 is 10.1 Å². The second kappa shape index (κ2) is 10.8. The van der Waals surface area contributed by atoms with E-state index >= 15 is 0 Å². The first-order valence-electron chi connectivity index (χ1n) is 11.4. The van der Waals surface area contributed by atoms with Crippen molar-refractivity contribution in [2.45, 2.75) is 38.5 Å². The van der Waals surface area contributed by atoms with Crippen molar-refractivity contribution in [1.82, 2.24) is 0 Å². The molecule has 0 aliphatic rings. The highest BCUT2D eigenvalue weighted by atomic mass is 19.4. The molecule has 0 radical (unpaired) electrons. The summed E-state index contributed by atoms with van der Waals surface area (Å²) in [5, 5.41) is 7.51. The number of hydrogen-bond acceptors (Lipinski definition) is 3. The molecule has 0 aromatic heterocycles. The lowest BCUT2D eigenvalue weighted by molar-refractivity contribution is -0.144. The van der Waals surface area contributed by atoms with E-state index in [1.165, 1.54) is 19.2 Å². The van der Waals surface area contributed by atoms with Gasteiger partial charge in [-0.1, -0.05) is 44.2 Å². The molecule has 0 saturated carbocycles. The van der Waals surface area contributed by atoms with Gasteiger partial charge in [0, 0.05) is 6.21 Å². The topological polar surface area (TPSA) is 50.2 Å². The number of carbonyl (C=O) groups excluding carboxylic acids is 1. The van der Waals surface area contributed by atoms with Crippen LogP contribution in [0.1, 0.15) is 48.4 Å². The van der Waals surface area contributed by atoms with Gasteiger partial charge in [-0.05, 0) is 76.1 Å². The molecule has 0 heterocycles. The molecular weight excluding hydrogens is 496 g/mol. The fourth-order valence-corrected chi connectivity index (χ4v) is 4.10. The van der Waals surface area contributed by atoms with Gasteiger partial charge in [0.1, 0.15) is 0 Å². The molecule has 0 aliphatic carbocycles. The van der Waals surface area contributed by atoms with Gasteiger partial charge in [0.15, 0.2) is 0 Å². The Morgan fingerprint density at radius 3 is 1.86 bits per heavy atom. The van der Waals surface area contributed by atoms with Crippen LogP contribution in [0.3, 0.4) is 0 Å². The monoisotopic (exact) mass is 521 g/mol. The average molecular weight is 522 g/mol. The van der Waals surface area contributed by atoms with Crippen molar-refractivity contribution in [3.05, 3.63) is 82.9 Å². The summed E-state index contributed by atoms with van der Waals surface area (Å²) in [7, 11) is 1.22. The van der Waals surface area contributed by atoms with Gasteiger partial charge >= 0.3 is 18.3 Å². The fourth-order valence-electron chi connectivity index (χ4n) is 4.10. The van der Waals surface area contributed by atoms with Crippen molar-refractivity contribution < 1.29 is 35.9 Å². The third-order valence-electron chi connectivity index (χ3n) is 5.86. The summed E-state index contributed by atoms with van der Waals surface area (Å²) >= 11 is 0. The molecule has 3 aromatic rings. The van der Waals surface area contributed by atoms with Crippen LogP contribution in [0.2, 0.25) is 0 Å². The minimum absolute atomic E-state index is 0.0443. The van der Waals surface area contributed by atoms with Crippen molar-refractivity contribution in [1.29, 1.82) is 5.41 Å². The van der Waals surface area contributed by atoms with Crippen LogP contribution in [-0.4, -0.2) is 19.3 Å². The van der Waals surface area contributed by atoms with E-state index in [9.17, 15) is 31.1 Å². The first kappa shape index (κ1) is 28.0. The lowest BCUT2D eigenvalue weighted by Crippen LogP contribution is -2.16. The zero-order valence-electron chi connectivity index (χ0n) is 20.3. The van der Waals surface area contributed by atoms with E-state index < -0.39 is 35.4 Å². The maximum Gasteiger partial charge on any atom is 0.416 e. The predicted molar refractivity (Wildman–Crippen MR) is 129 cm³/mol. The molecule has 0 bridgehead atoms. The maximum absolute atomic E-state index is 13.5. The molecule has 3 rings (SSSR count). The van der Waals surface area contributed by atoms with Crippen molar-refractivity contribution >= 4 is 12.2 Å². The summed E-state index contributed by atoms with van der Waals surface area (Å²) in [6, 6.07) is 12.7. The van der Waals surface area contributed by atoms with E-state index in [4.69, 9.17) is 10.1 Å². The minimum atomic E-state index is -5.00. The molecule has 0 amide bonds. The van der Waals surface area contributed by atoms with Crippen LogP contribution in [0.15, 0.2) is 60.7 Å². The molecule has 1 atom stereocenters. The molecule has 1 N–H and O–H groups in total. The predicted octanol–water partition coefficient (Wildman–Crippen LogP) is 8.36. The highest BCUT2D eigenvalue weighted by Gasteiger charge is 2.37. The summed E-state index contributed by atoms with van der Waals surface area (Å²) in [5.41, 5.74) is -1.05. The maximum atomic E-state index is 13.5. The van der Waals surface area contributed by atoms with Gasteiger partial charge in [-0.3, -0.25) is 4.79 Å². The molecule has 0 spiro atoms. The number of nitrogens with one attached hydrogen (secondary N) is 1. The van der Waals surface area contributed by atoms with E-state index in [0.29, 0.717) is 40.8 Å². The number of alkyl halides is 6. The van der Waals surface area contributed by atoms with Gasteiger partial charge in [-0.2, -0.15) is 26.3 Å². The minimum Gasteiger partial charge on any atom is -0.469 e. The molecule has 37 heavy (non-hydrogen) atoms. The zero-order valence-corrected chi connectivity index (χ0v) is 20.3. The number of methoxy groups -OCH3 is 1. The average Bonchev–Trinajstić information content (AvgIpc) is 2.85. The van der Waals surface area contributed by atoms with Crippen LogP contribution >= 0.6 is 0 Å². The van der Waals surface area contributed by atoms with Crippen molar-refractivity contribution in [2.24, 2.45) is 5.92 Å². The summed E-state index contributed by atoms with van der Waals surface area (Å²) in [6.07, 6.45) is -8.53. The lowest BCUT2D eigenvalue weighted by atomic mass is 9.85. The number of ether oxygens (including phenoxy) is 1. The zero-order chi connectivity index (χ0) is 27.5. The van der Waals surface area contributed by atoms with Gasteiger partial charge in [0.2, 0.25) is 0 Å². The van der Waals surface area contributed by atoms with Crippen LogP contribution < -0.4 is 0 Å². The quantitative estimate of drug-likeness (QED) is 0.193. The highest BCUT2D eigenvalue weighted by Crippen LogP contribution is 2.40. The van der Waals surface area contributed by atoms with Crippen molar-refractivity contribution in [2.75, 3.05) is 7.11 Å². The number of halogens is 6. The molecule has 1 unspecified atom stereocenters. The smallest absolute Gasteiger partial charge is 0.416 e. The number of hydrogen-bond donors (Lipinski definition) is 1. The van der Waals surface area contributed by atoms with Gasteiger partial charge in [-0.25, -0.2) is 0 Å². The first-order valence-corrected chi connectivity index (χ1v) is 11.4. The molecule has 3 aromatic carbocycles. The molecular formula is C28H25F6NO2. The standard InChI is InChI=1S/C28H25F6NO2/c1-16(2)7-25(26(36)37-3)22-10-19(18-6-4-5-17(8-18)15-35)9-20(11-22)21-12-23(27(29,30)31)14-24(13-21)28(32,33)34/h4-6,8-16,25,35H,7H2,1-3H3. The Kier molecular flexibility index (Phi) is 8.15. The van der Waals surface area contributed by atoms with E-state index in [2.05, 4.69) is 0 Å². The molecule has 0 fully saturated rings. The van der Waals surface area contributed by atoms with Crippen LogP contribution in [0.4, 0.5) is 26.3 Å². The van der Waals surface area contributed by atoms with Crippen molar-refractivity contribution in [3.8, 4) is 22.3 Å². The van der Waals surface area contributed by atoms with E-state index in [1.807, 2.05) is 13.8 Å². The SMILES string of the molecule is COC(=O)C(CC(C)C)c1cc(-c2cccc(C=N)c2)cc(-c2cc(C(F)(F)F)cc(C(F)(F)F)c2)c1. The number of benzene rings is 3. The van der Waals surface area contributed by atoms with Crippen LogP contribution in [-0.2, 0) is 21.9 Å². The van der Waals surface area contributed by atoms with Gasteiger partial charge in [0.05, 0.1) is 24.2 Å². The largest absolute Gasteiger partial charge is 0.469 e. The number of esters is 1. The fraction of sp³-hybridized carbons (Fsp3) is 0.286. The number of rotatable bonds is 7. The van der Waals surface area contributed by atoms with E-state index in [-0.39, 0.29) is 23.1 Å². The highest BCUT2D eigenvalue weighted by molar-refractivity contribution is 5.84. The van der Waals surface area contributed by atoms with Crippen LogP contribution in [0, 0.1) is 11.3 Å². The van der Waals surface area contributed by atoms with Gasteiger partial charge in [0.25, 0.3) is 0 Å². The Morgan fingerprint density at radius 2 is 1.38 bits per heavy atom. The van der Waals surface area contributed by atoms with Crippen molar-refractivity contribution in [3.63, 3.8) is 0 Å². The van der Waals surface area contributed by atoms with Crippen LogP contribution in [0.5, 0.6) is 0 Å². The first-order chi connectivity index (χ1) is 17.2. The Balaban J connectivity index is 2.34. The normalized spacial score (nSPS) is 12.9. The van der Waals surface area contributed by atoms with Crippen LogP contribution in [0.25, 0.3) is 22.3 Å². The third-order valence-corrected chi connectivity index (χ3v) is 5.86. The van der Waals surface area contributed by atoms with Gasteiger partial charge in [-0.15, -0.1) is 0 Å². The summed E-state index contributed by atoms with van der Waals surface area (Å²) in [6.45, 7) is 3.77. The second-order valence-electron chi connectivity index (χ2n) is 9.11. The summed E-state index contributed by atoms with van der Waals surface area (Å²) in [5.74, 6) is -1.31. The van der Waals surface area contributed by atoms with E-state index in [1.54, 1.807) is 30.3 Å². The Hall–Kier alpha value is -3.62. The Labute approximate surface area is 210 Å². The molecule has 9 heteroatoms. The Morgan fingerprint density at radius 1 is 0.838 bits per heavy atom. The molecule has 0 saturated heterocycles. The molecule has 196 valence electrons. The Bertz CT molecular complexity index is 1260. The second-order valence-corrected chi connectivity index (χ2v) is 9.11. The summed E-state index contributed by atoms with van der Waals surface area (Å²) in [4.78, 5) is 12.7. The molecule has 0 aliphatic heterocycles. The molecule has 3 nitrogen and oxygen atoms in total. The third kappa shape index (κ3) is 6.78. The number of carbonyl (C=O) groups is 1. The summed E-state index contributed by atoms with van der Waals surface area (Å²) < 4.78 is 86.2. The lowest BCUT2D eigenvalue weighted by Gasteiger charge is -2.20. The van der Waals surface area contributed by atoms with E-state index in [0.717, 1.165) is 6.21 Å².